The summed E-state index contributed by atoms with van der Waals surface area (Å²) in [5.41, 5.74) is 2.95. The molecule has 0 saturated heterocycles. The van der Waals surface area contributed by atoms with Crippen LogP contribution in [0.1, 0.15) is 40.0 Å². The Morgan fingerprint density at radius 1 is 1.42 bits per heavy atom. The van der Waals surface area contributed by atoms with Crippen LogP contribution < -0.4 is 11.3 Å². The summed E-state index contributed by atoms with van der Waals surface area (Å²) < 4.78 is 0. The molecular weight excluding hydrogens is 148 g/mol. The first-order valence-electron chi connectivity index (χ1n) is 5.11. The quantitative estimate of drug-likeness (QED) is 0.488. The van der Waals surface area contributed by atoms with E-state index < -0.39 is 0 Å². The Hall–Kier alpha value is -0.0800. The first-order valence-corrected chi connectivity index (χ1v) is 5.11. The number of hydrogen-bond donors (Lipinski definition) is 2. The van der Waals surface area contributed by atoms with Crippen LogP contribution in [0.5, 0.6) is 0 Å². The Morgan fingerprint density at radius 3 is 2.33 bits per heavy atom. The summed E-state index contributed by atoms with van der Waals surface area (Å²) in [6.45, 7) is 6.85. The van der Waals surface area contributed by atoms with Crippen LogP contribution in [0.3, 0.4) is 0 Å². The number of hydrogen-bond acceptors (Lipinski definition) is 2. The second-order valence-corrected chi connectivity index (χ2v) is 4.62. The number of nitrogens with one attached hydrogen (secondary N) is 1. The maximum atomic E-state index is 5.51. The van der Waals surface area contributed by atoms with Crippen LogP contribution in [0.15, 0.2) is 0 Å². The molecule has 0 heterocycles. The highest BCUT2D eigenvalue weighted by Gasteiger charge is 2.38. The van der Waals surface area contributed by atoms with Crippen molar-refractivity contribution in [3.05, 3.63) is 0 Å². The van der Waals surface area contributed by atoms with Crippen LogP contribution in [-0.4, -0.2) is 6.04 Å². The zero-order valence-electron chi connectivity index (χ0n) is 8.51. The highest BCUT2D eigenvalue weighted by molar-refractivity contribution is 4.91. The molecule has 0 spiro atoms. The van der Waals surface area contributed by atoms with Gasteiger partial charge in [0.15, 0.2) is 0 Å². The number of rotatable bonds is 5. The summed E-state index contributed by atoms with van der Waals surface area (Å²) >= 11 is 0. The van der Waals surface area contributed by atoms with E-state index in [1.165, 1.54) is 19.3 Å². The smallest absolute Gasteiger partial charge is 0.0241 e. The van der Waals surface area contributed by atoms with Crippen molar-refractivity contribution in [1.29, 1.82) is 0 Å². The zero-order chi connectivity index (χ0) is 9.14. The molecule has 0 aromatic heterocycles. The van der Waals surface area contributed by atoms with Gasteiger partial charge in [0.05, 0.1) is 0 Å². The minimum absolute atomic E-state index is 0.572. The van der Waals surface area contributed by atoms with Gasteiger partial charge in [0.25, 0.3) is 0 Å². The van der Waals surface area contributed by atoms with Gasteiger partial charge in [-0.3, -0.25) is 11.3 Å². The average Bonchev–Trinajstić information content (AvgIpc) is 2.68. The molecule has 72 valence electrons. The van der Waals surface area contributed by atoms with Crippen molar-refractivity contribution in [1.82, 2.24) is 5.43 Å². The molecule has 1 fully saturated rings. The van der Waals surface area contributed by atoms with Gasteiger partial charge in [-0.05, 0) is 37.0 Å². The van der Waals surface area contributed by atoms with Crippen molar-refractivity contribution < 1.29 is 0 Å². The van der Waals surface area contributed by atoms with Crippen LogP contribution in [0.2, 0.25) is 0 Å². The number of hydrazine groups is 1. The van der Waals surface area contributed by atoms with Gasteiger partial charge < -0.3 is 0 Å². The fourth-order valence-corrected chi connectivity index (χ4v) is 1.85. The second kappa shape index (κ2) is 4.24. The second-order valence-electron chi connectivity index (χ2n) is 4.62. The van der Waals surface area contributed by atoms with Crippen LogP contribution in [0.4, 0.5) is 0 Å². The Kier molecular flexibility index (Phi) is 3.53. The SMILES string of the molecule is CC(C)CCC(NN)C1CC1C. The summed E-state index contributed by atoms with van der Waals surface area (Å²) in [6.07, 6.45) is 3.90. The lowest BCUT2D eigenvalue weighted by Crippen LogP contribution is -2.37. The van der Waals surface area contributed by atoms with Gasteiger partial charge in [-0.2, -0.15) is 0 Å². The normalized spacial score (nSPS) is 30.8. The molecule has 3 N–H and O–H groups in total. The van der Waals surface area contributed by atoms with Crippen molar-refractivity contribution in [3.63, 3.8) is 0 Å². The minimum Gasteiger partial charge on any atom is -0.271 e. The molecule has 3 unspecified atom stereocenters. The molecule has 2 heteroatoms. The van der Waals surface area contributed by atoms with Crippen molar-refractivity contribution in [3.8, 4) is 0 Å². The Labute approximate surface area is 75.9 Å². The van der Waals surface area contributed by atoms with Crippen LogP contribution in [0.25, 0.3) is 0 Å². The molecule has 1 saturated carbocycles. The molecule has 0 aromatic rings. The third-order valence-electron chi connectivity index (χ3n) is 2.96. The van der Waals surface area contributed by atoms with E-state index in [4.69, 9.17) is 5.84 Å². The van der Waals surface area contributed by atoms with Crippen molar-refractivity contribution >= 4 is 0 Å². The minimum atomic E-state index is 0.572. The van der Waals surface area contributed by atoms with Gasteiger partial charge in [0, 0.05) is 6.04 Å². The number of nitrogens with two attached hydrogens (primary N) is 1. The third kappa shape index (κ3) is 2.76. The van der Waals surface area contributed by atoms with Gasteiger partial charge in [-0.1, -0.05) is 20.8 Å². The van der Waals surface area contributed by atoms with Gasteiger partial charge in [0.2, 0.25) is 0 Å². The van der Waals surface area contributed by atoms with E-state index in [1.54, 1.807) is 0 Å². The van der Waals surface area contributed by atoms with Crippen molar-refractivity contribution in [2.24, 2.45) is 23.6 Å². The summed E-state index contributed by atoms with van der Waals surface area (Å²) in [7, 11) is 0. The lowest BCUT2D eigenvalue weighted by molar-refractivity contribution is 0.391. The molecule has 12 heavy (non-hydrogen) atoms. The molecule has 1 rings (SSSR count). The van der Waals surface area contributed by atoms with E-state index in [9.17, 15) is 0 Å². The van der Waals surface area contributed by atoms with E-state index in [2.05, 4.69) is 26.2 Å². The first kappa shape index (κ1) is 10.0. The van der Waals surface area contributed by atoms with Gasteiger partial charge in [0.1, 0.15) is 0 Å². The maximum absolute atomic E-state index is 5.51. The molecule has 1 aliphatic rings. The van der Waals surface area contributed by atoms with Crippen LogP contribution in [-0.2, 0) is 0 Å². The van der Waals surface area contributed by atoms with E-state index in [0.717, 1.165) is 17.8 Å². The summed E-state index contributed by atoms with van der Waals surface area (Å²) in [4.78, 5) is 0. The summed E-state index contributed by atoms with van der Waals surface area (Å²) in [6, 6.07) is 0.572. The Morgan fingerprint density at radius 2 is 2.00 bits per heavy atom. The Balaban J connectivity index is 2.17. The molecule has 1 aliphatic carbocycles. The molecule has 0 radical (unpaired) electrons. The fourth-order valence-electron chi connectivity index (χ4n) is 1.85. The third-order valence-corrected chi connectivity index (χ3v) is 2.96. The largest absolute Gasteiger partial charge is 0.271 e. The highest BCUT2D eigenvalue weighted by atomic mass is 15.2. The fraction of sp³-hybridized carbons (Fsp3) is 1.00. The maximum Gasteiger partial charge on any atom is 0.0241 e. The molecule has 0 aromatic carbocycles. The predicted molar refractivity (Wildman–Crippen MR) is 52.5 cm³/mol. The van der Waals surface area contributed by atoms with Crippen molar-refractivity contribution in [2.45, 2.75) is 46.1 Å². The van der Waals surface area contributed by atoms with E-state index in [1.807, 2.05) is 0 Å². The molecule has 2 nitrogen and oxygen atoms in total. The summed E-state index contributed by atoms with van der Waals surface area (Å²) in [5, 5.41) is 0. The molecule has 0 amide bonds. The van der Waals surface area contributed by atoms with E-state index in [-0.39, 0.29) is 0 Å². The van der Waals surface area contributed by atoms with Crippen LogP contribution in [0, 0.1) is 17.8 Å². The van der Waals surface area contributed by atoms with Crippen LogP contribution >= 0.6 is 0 Å². The lowest BCUT2D eigenvalue weighted by Gasteiger charge is -2.16. The van der Waals surface area contributed by atoms with Gasteiger partial charge in [-0.25, -0.2) is 0 Å². The van der Waals surface area contributed by atoms with Gasteiger partial charge >= 0.3 is 0 Å². The first-order chi connectivity index (χ1) is 5.65. The van der Waals surface area contributed by atoms with E-state index in [0.29, 0.717) is 6.04 Å². The average molecular weight is 170 g/mol. The van der Waals surface area contributed by atoms with E-state index >= 15 is 0 Å². The molecular formula is C10H22N2. The highest BCUT2D eigenvalue weighted by Crippen LogP contribution is 2.41. The molecule has 0 aliphatic heterocycles. The summed E-state index contributed by atoms with van der Waals surface area (Å²) in [5.74, 6) is 8.07. The standard InChI is InChI=1S/C10H22N2/c1-7(2)4-5-10(12-11)9-6-8(9)3/h7-10,12H,4-6,11H2,1-3H3. The zero-order valence-corrected chi connectivity index (χ0v) is 8.51. The van der Waals surface area contributed by atoms with Crippen molar-refractivity contribution in [2.75, 3.05) is 0 Å². The lowest BCUT2D eigenvalue weighted by atomic mass is 10.00. The monoisotopic (exact) mass is 170 g/mol. The Bertz CT molecular complexity index is 134. The van der Waals surface area contributed by atoms with Gasteiger partial charge in [-0.15, -0.1) is 0 Å². The predicted octanol–water partition coefficient (Wildman–Crippen LogP) is 1.91. The topological polar surface area (TPSA) is 38.0 Å². The molecule has 3 atom stereocenters. The molecule has 0 bridgehead atoms.